The number of carbonyl (C=O) groups is 3. The van der Waals surface area contributed by atoms with Gasteiger partial charge >= 0.3 is 0 Å². The highest BCUT2D eigenvalue weighted by atomic mass is 16.2. The molecule has 3 N–H and O–H groups in total. The number of amides is 2. The van der Waals surface area contributed by atoms with E-state index in [0.29, 0.717) is 25.8 Å². The third-order valence-electron chi connectivity index (χ3n) is 8.03. The van der Waals surface area contributed by atoms with E-state index >= 15 is 0 Å². The van der Waals surface area contributed by atoms with Crippen LogP contribution in [0.2, 0.25) is 0 Å². The van der Waals surface area contributed by atoms with Crippen LogP contribution < -0.4 is 10.6 Å². The van der Waals surface area contributed by atoms with Crippen LogP contribution in [-0.2, 0) is 20.8 Å². The topological polar surface area (TPSA) is 94.3 Å². The fraction of sp³-hybridized carbons (Fsp3) is 0.485. The van der Waals surface area contributed by atoms with Gasteiger partial charge in [0, 0.05) is 36.1 Å². The van der Waals surface area contributed by atoms with Gasteiger partial charge < -0.3 is 25.3 Å². The number of ketones is 1. The number of fused-ring (bicyclic) bond motifs is 1. The Balaban J connectivity index is 1.41. The summed E-state index contributed by atoms with van der Waals surface area (Å²) in [6, 6.07) is 17.9. The van der Waals surface area contributed by atoms with Gasteiger partial charge in [0.1, 0.15) is 11.8 Å². The number of nitrogens with one attached hydrogen (secondary N) is 3. The van der Waals surface area contributed by atoms with E-state index < -0.39 is 6.04 Å². The van der Waals surface area contributed by atoms with Crippen LogP contribution in [0.4, 0.5) is 0 Å². The predicted molar refractivity (Wildman–Crippen MR) is 161 cm³/mol. The van der Waals surface area contributed by atoms with Gasteiger partial charge in [0.25, 0.3) is 0 Å². The van der Waals surface area contributed by atoms with E-state index in [1.807, 2.05) is 30.3 Å². The van der Waals surface area contributed by atoms with Crippen LogP contribution in [0.1, 0.15) is 64.4 Å². The van der Waals surface area contributed by atoms with Gasteiger partial charge in [-0.25, -0.2) is 0 Å². The first-order valence-corrected chi connectivity index (χ1v) is 14.9. The van der Waals surface area contributed by atoms with E-state index in [0.717, 1.165) is 73.9 Å². The summed E-state index contributed by atoms with van der Waals surface area (Å²) in [7, 11) is 0. The van der Waals surface area contributed by atoms with Gasteiger partial charge in [-0.15, -0.1) is 0 Å². The number of aromatic nitrogens is 1. The van der Waals surface area contributed by atoms with Crippen LogP contribution in [0.5, 0.6) is 0 Å². The normalized spacial score (nSPS) is 16.5. The van der Waals surface area contributed by atoms with Crippen molar-refractivity contribution in [2.75, 3.05) is 26.2 Å². The van der Waals surface area contributed by atoms with Crippen LogP contribution >= 0.6 is 0 Å². The van der Waals surface area contributed by atoms with Crippen molar-refractivity contribution in [3.63, 3.8) is 0 Å². The number of carbonyl (C=O) groups excluding carboxylic acids is 3. The second-order valence-corrected chi connectivity index (χ2v) is 11.0. The first-order valence-electron chi connectivity index (χ1n) is 14.9. The molecule has 2 heterocycles. The summed E-state index contributed by atoms with van der Waals surface area (Å²) in [5, 5.41) is 7.37. The summed E-state index contributed by atoms with van der Waals surface area (Å²) in [4.78, 5) is 43.8. The number of H-pyrrole nitrogens is 1. The first kappa shape index (κ1) is 29.5. The molecule has 1 unspecified atom stereocenters. The minimum atomic E-state index is -0.571. The summed E-state index contributed by atoms with van der Waals surface area (Å²) in [6.45, 7) is 6.91. The molecule has 7 heteroatoms. The monoisotopic (exact) mass is 544 g/mol. The Kier molecular flexibility index (Phi) is 10.9. The quantitative estimate of drug-likeness (QED) is 0.242. The summed E-state index contributed by atoms with van der Waals surface area (Å²) >= 11 is 0. The van der Waals surface area contributed by atoms with Crippen molar-refractivity contribution in [3.05, 3.63) is 60.2 Å². The van der Waals surface area contributed by atoms with E-state index in [9.17, 15) is 14.4 Å². The number of benzene rings is 2. The summed E-state index contributed by atoms with van der Waals surface area (Å²) in [6.07, 6.45) is 6.14. The molecule has 214 valence electrons. The third-order valence-corrected chi connectivity index (χ3v) is 8.03. The van der Waals surface area contributed by atoms with Crippen LogP contribution in [-0.4, -0.2) is 59.7 Å². The molecule has 2 amide bonds. The number of rotatable bonds is 14. The van der Waals surface area contributed by atoms with Crippen LogP contribution in [0.15, 0.2) is 54.6 Å². The maximum atomic E-state index is 13.4. The van der Waals surface area contributed by atoms with Gasteiger partial charge in [-0.05, 0) is 69.3 Å². The molecule has 1 aliphatic heterocycles. The zero-order valence-electron chi connectivity index (χ0n) is 24.0. The van der Waals surface area contributed by atoms with Crippen molar-refractivity contribution >= 4 is 28.5 Å². The van der Waals surface area contributed by atoms with Gasteiger partial charge in [0.2, 0.25) is 11.8 Å². The Morgan fingerprint density at radius 3 is 2.58 bits per heavy atom. The molecule has 1 saturated heterocycles. The lowest BCUT2D eigenvalue weighted by Crippen LogP contribution is -2.51. The van der Waals surface area contributed by atoms with Gasteiger partial charge in [0.05, 0.1) is 5.92 Å². The van der Waals surface area contributed by atoms with Crippen molar-refractivity contribution in [1.82, 2.24) is 20.5 Å². The molecule has 2 aromatic carbocycles. The second-order valence-electron chi connectivity index (χ2n) is 11.0. The molecule has 7 nitrogen and oxygen atoms in total. The SMILES string of the molecule is CCN1CCCC(C(=O)N[C@@H](CCCCCC(C)=O)C(=O)NCCc2c(-c3ccccc3)[nH]c3ccccc23)C1. The van der Waals surface area contributed by atoms with Crippen molar-refractivity contribution in [1.29, 1.82) is 0 Å². The Morgan fingerprint density at radius 2 is 1.80 bits per heavy atom. The van der Waals surface area contributed by atoms with Gasteiger partial charge in [-0.2, -0.15) is 0 Å². The molecule has 1 aromatic heterocycles. The first-order chi connectivity index (χ1) is 19.5. The second kappa shape index (κ2) is 14.8. The predicted octanol–water partition coefficient (Wildman–Crippen LogP) is 5.25. The Hall–Kier alpha value is -3.45. The molecule has 1 aliphatic rings. The number of nitrogens with zero attached hydrogens (tertiary/aromatic N) is 1. The van der Waals surface area contributed by atoms with Crippen LogP contribution in [0.3, 0.4) is 0 Å². The number of likely N-dealkylation sites (tertiary alicyclic amines) is 1. The molecule has 0 saturated carbocycles. The van der Waals surface area contributed by atoms with E-state index in [1.54, 1.807) is 6.92 Å². The maximum absolute atomic E-state index is 13.4. The number of aromatic amines is 1. The van der Waals surface area contributed by atoms with Crippen molar-refractivity contribution in [2.45, 2.75) is 71.3 Å². The van der Waals surface area contributed by atoms with Crippen molar-refractivity contribution in [3.8, 4) is 11.3 Å². The van der Waals surface area contributed by atoms with Gasteiger partial charge in [-0.3, -0.25) is 9.59 Å². The number of piperidine rings is 1. The molecule has 40 heavy (non-hydrogen) atoms. The molecule has 2 atom stereocenters. The molecule has 0 spiro atoms. The largest absolute Gasteiger partial charge is 0.354 e. The van der Waals surface area contributed by atoms with E-state index in [-0.39, 0.29) is 23.5 Å². The highest BCUT2D eigenvalue weighted by molar-refractivity contribution is 5.91. The molecule has 4 rings (SSSR count). The van der Waals surface area contributed by atoms with Crippen LogP contribution in [0.25, 0.3) is 22.2 Å². The minimum absolute atomic E-state index is 0.0231. The van der Waals surface area contributed by atoms with Crippen LogP contribution in [0, 0.1) is 5.92 Å². The average molecular weight is 545 g/mol. The zero-order chi connectivity index (χ0) is 28.3. The standard InChI is InChI=1S/C33H44N4O3/c1-3-37-22-12-16-26(23-37)32(39)36-30(19-9-4-6-13-24(2)38)33(40)34-21-20-28-27-17-10-11-18-29(27)35-31(28)25-14-7-5-8-15-25/h5,7-8,10-11,14-15,17-18,26,30,35H,3-4,6,9,12-13,16,19-23H2,1-2H3,(H,34,40)(H,36,39)/t26?,30-/m0/s1. The van der Waals surface area contributed by atoms with Crippen molar-refractivity contribution < 1.29 is 14.4 Å². The highest BCUT2D eigenvalue weighted by Gasteiger charge is 2.28. The van der Waals surface area contributed by atoms with E-state index in [2.05, 4.69) is 51.7 Å². The molecular formula is C33H44N4O3. The van der Waals surface area contributed by atoms with Crippen molar-refractivity contribution in [2.24, 2.45) is 5.92 Å². The van der Waals surface area contributed by atoms with Gasteiger partial charge in [-0.1, -0.05) is 68.3 Å². The lowest BCUT2D eigenvalue weighted by atomic mass is 9.96. The zero-order valence-corrected chi connectivity index (χ0v) is 24.0. The summed E-state index contributed by atoms with van der Waals surface area (Å²) in [5.74, 6) is -0.0527. The maximum Gasteiger partial charge on any atom is 0.242 e. The fourth-order valence-corrected chi connectivity index (χ4v) is 5.76. The fourth-order valence-electron chi connectivity index (χ4n) is 5.76. The number of hydrogen-bond acceptors (Lipinski definition) is 4. The lowest BCUT2D eigenvalue weighted by molar-refractivity contribution is -0.132. The minimum Gasteiger partial charge on any atom is -0.354 e. The molecule has 0 aliphatic carbocycles. The summed E-state index contributed by atoms with van der Waals surface area (Å²) in [5.41, 5.74) is 4.44. The van der Waals surface area contributed by atoms with E-state index in [4.69, 9.17) is 0 Å². The number of para-hydroxylation sites is 1. The molecule has 0 radical (unpaired) electrons. The van der Waals surface area contributed by atoms with Gasteiger partial charge in [0.15, 0.2) is 0 Å². The number of Topliss-reactive ketones (excluding diaryl/α,β-unsaturated/α-hetero) is 1. The Bertz CT molecular complexity index is 1270. The smallest absolute Gasteiger partial charge is 0.242 e. The summed E-state index contributed by atoms with van der Waals surface area (Å²) < 4.78 is 0. The Morgan fingerprint density at radius 1 is 1.02 bits per heavy atom. The third kappa shape index (κ3) is 8.04. The molecule has 1 fully saturated rings. The number of unbranched alkanes of at least 4 members (excludes halogenated alkanes) is 2. The molecule has 0 bridgehead atoms. The van der Waals surface area contributed by atoms with E-state index in [1.165, 1.54) is 5.56 Å². The molecule has 3 aromatic rings. The number of hydrogen-bond donors (Lipinski definition) is 3. The Labute approximate surface area is 238 Å². The average Bonchev–Trinajstić information content (AvgIpc) is 3.35. The molecular weight excluding hydrogens is 500 g/mol. The lowest BCUT2D eigenvalue weighted by Gasteiger charge is -2.32. The highest BCUT2D eigenvalue weighted by Crippen LogP contribution is 2.30.